The number of carboxylic acids is 1. The number of rotatable bonds is 6. The van der Waals surface area contributed by atoms with Gasteiger partial charge in [0, 0.05) is 6.61 Å². The molecule has 1 atom stereocenters. The number of carbonyl (C=O) groups is 2. The van der Waals surface area contributed by atoms with Gasteiger partial charge in [-0.05, 0) is 24.6 Å². The number of amides is 1. The summed E-state index contributed by atoms with van der Waals surface area (Å²) < 4.78 is 48.0. The van der Waals surface area contributed by atoms with Gasteiger partial charge in [-0.25, -0.2) is 0 Å². The SMILES string of the molecule is O=C(O)CC1(NC(=O)COc2cccc(C(F)(F)F)c2)CCOC1. The van der Waals surface area contributed by atoms with Crippen molar-refractivity contribution in [1.29, 1.82) is 0 Å². The van der Waals surface area contributed by atoms with Crippen molar-refractivity contribution in [3.63, 3.8) is 0 Å². The van der Waals surface area contributed by atoms with Crippen molar-refractivity contribution in [2.45, 2.75) is 24.6 Å². The van der Waals surface area contributed by atoms with Gasteiger partial charge in [-0.3, -0.25) is 9.59 Å². The van der Waals surface area contributed by atoms with Crippen LogP contribution in [0.4, 0.5) is 13.2 Å². The van der Waals surface area contributed by atoms with Crippen LogP contribution >= 0.6 is 0 Å². The minimum atomic E-state index is -4.51. The first-order valence-corrected chi connectivity index (χ1v) is 7.11. The standard InChI is InChI=1S/C15H16F3NO5/c16-15(17,18)10-2-1-3-11(6-10)24-8-12(20)19-14(7-13(21)22)4-5-23-9-14/h1-3,6H,4-5,7-9H2,(H,19,20)(H,21,22). The van der Waals surface area contributed by atoms with Crippen LogP contribution in [-0.2, 0) is 20.5 Å². The topological polar surface area (TPSA) is 84.9 Å². The molecule has 2 rings (SSSR count). The number of hydrogen-bond acceptors (Lipinski definition) is 4. The first kappa shape index (κ1) is 18.1. The van der Waals surface area contributed by atoms with E-state index in [1.165, 1.54) is 12.1 Å². The van der Waals surface area contributed by atoms with E-state index in [0.29, 0.717) is 13.0 Å². The van der Waals surface area contributed by atoms with E-state index in [0.717, 1.165) is 12.1 Å². The molecule has 132 valence electrons. The first-order chi connectivity index (χ1) is 11.2. The number of ether oxygens (including phenoxy) is 2. The Hall–Kier alpha value is -2.29. The fourth-order valence-corrected chi connectivity index (χ4v) is 2.42. The van der Waals surface area contributed by atoms with Crippen LogP contribution in [-0.4, -0.2) is 42.3 Å². The van der Waals surface area contributed by atoms with E-state index in [1.807, 2.05) is 0 Å². The Morgan fingerprint density at radius 3 is 2.71 bits per heavy atom. The van der Waals surface area contributed by atoms with E-state index in [-0.39, 0.29) is 18.8 Å². The number of nitrogens with one attached hydrogen (secondary N) is 1. The number of hydrogen-bond donors (Lipinski definition) is 2. The predicted octanol–water partition coefficient (Wildman–Crippen LogP) is 1.83. The normalized spacial score (nSPS) is 20.6. The molecule has 0 aliphatic carbocycles. The zero-order valence-corrected chi connectivity index (χ0v) is 12.6. The van der Waals surface area contributed by atoms with Crippen LogP contribution in [0.3, 0.4) is 0 Å². The molecule has 1 heterocycles. The quantitative estimate of drug-likeness (QED) is 0.820. The van der Waals surface area contributed by atoms with Gasteiger partial charge in [0.25, 0.3) is 5.91 Å². The molecule has 1 unspecified atom stereocenters. The molecular formula is C15H16F3NO5. The van der Waals surface area contributed by atoms with Crippen LogP contribution < -0.4 is 10.1 Å². The Kier molecular flexibility index (Phi) is 5.33. The van der Waals surface area contributed by atoms with E-state index in [9.17, 15) is 22.8 Å². The van der Waals surface area contributed by atoms with Gasteiger partial charge in [0.1, 0.15) is 5.75 Å². The molecule has 1 aliphatic heterocycles. The van der Waals surface area contributed by atoms with Crippen LogP contribution in [0.25, 0.3) is 0 Å². The molecule has 1 aliphatic rings. The average molecular weight is 347 g/mol. The van der Waals surface area contributed by atoms with Crippen LogP contribution in [0.15, 0.2) is 24.3 Å². The largest absolute Gasteiger partial charge is 0.484 e. The van der Waals surface area contributed by atoms with Crippen molar-refractivity contribution in [3.05, 3.63) is 29.8 Å². The van der Waals surface area contributed by atoms with E-state index in [4.69, 9.17) is 14.6 Å². The van der Waals surface area contributed by atoms with Crippen molar-refractivity contribution in [1.82, 2.24) is 5.32 Å². The van der Waals surface area contributed by atoms with Crippen LogP contribution in [0.5, 0.6) is 5.75 Å². The van der Waals surface area contributed by atoms with Gasteiger partial charge in [0.05, 0.1) is 24.1 Å². The van der Waals surface area contributed by atoms with Gasteiger partial charge < -0.3 is 19.9 Å². The van der Waals surface area contributed by atoms with Crippen molar-refractivity contribution in [2.75, 3.05) is 19.8 Å². The number of halogens is 3. The number of alkyl halides is 3. The lowest BCUT2D eigenvalue weighted by atomic mass is 9.94. The second-order valence-electron chi connectivity index (χ2n) is 5.52. The maximum atomic E-state index is 12.6. The second kappa shape index (κ2) is 7.08. The summed E-state index contributed by atoms with van der Waals surface area (Å²) in [5.41, 5.74) is -1.90. The summed E-state index contributed by atoms with van der Waals surface area (Å²) in [6.07, 6.45) is -4.47. The molecule has 24 heavy (non-hydrogen) atoms. The molecule has 9 heteroatoms. The van der Waals surface area contributed by atoms with Crippen LogP contribution in [0.1, 0.15) is 18.4 Å². The lowest BCUT2D eigenvalue weighted by Crippen LogP contribution is -2.51. The Balaban J connectivity index is 1.94. The molecule has 0 spiro atoms. The first-order valence-electron chi connectivity index (χ1n) is 7.11. The Morgan fingerprint density at radius 1 is 1.38 bits per heavy atom. The van der Waals surface area contributed by atoms with Crippen molar-refractivity contribution in [2.24, 2.45) is 0 Å². The molecular weight excluding hydrogens is 331 g/mol. The Bertz CT molecular complexity index is 611. The number of benzene rings is 1. The fraction of sp³-hybridized carbons (Fsp3) is 0.467. The highest BCUT2D eigenvalue weighted by molar-refractivity contribution is 5.79. The zero-order valence-electron chi connectivity index (χ0n) is 12.6. The summed E-state index contributed by atoms with van der Waals surface area (Å²) >= 11 is 0. The van der Waals surface area contributed by atoms with Crippen LogP contribution in [0.2, 0.25) is 0 Å². The average Bonchev–Trinajstić information content (AvgIpc) is 2.91. The maximum Gasteiger partial charge on any atom is 0.416 e. The predicted molar refractivity (Wildman–Crippen MR) is 75.5 cm³/mol. The molecule has 0 aromatic heterocycles. The molecule has 0 bridgehead atoms. The summed E-state index contributed by atoms with van der Waals surface area (Å²) in [4.78, 5) is 22.8. The van der Waals surface area contributed by atoms with Gasteiger partial charge in [-0.15, -0.1) is 0 Å². The number of carbonyl (C=O) groups excluding carboxylic acids is 1. The summed E-state index contributed by atoms with van der Waals surface area (Å²) in [6, 6.07) is 4.16. The highest BCUT2D eigenvalue weighted by Crippen LogP contribution is 2.31. The van der Waals surface area contributed by atoms with E-state index in [2.05, 4.69) is 5.32 Å². The van der Waals surface area contributed by atoms with E-state index < -0.39 is 35.8 Å². The highest BCUT2D eigenvalue weighted by Gasteiger charge is 2.38. The third-order valence-electron chi connectivity index (χ3n) is 3.53. The Labute approximate surface area is 135 Å². The summed E-state index contributed by atoms with van der Waals surface area (Å²) in [7, 11) is 0. The zero-order chi connectivity index (χ0) is 17.8. The number of aliphatic carboxylic acids is 1. The minimum absolute atomic E-state index is 0.0641. The monoisotopic (exact) mass is 347 g/mol. The fourth-order valence-electron chi connectivity index (χ4n) is 2.42. The van der Waals surface area contributed by atoms with Crippen LogP contribution in [0, 0.1) is 0 Å². The molecule has 1 saturated heterocycles. The summed E-state index contributed by atoms with van der Waals surface area (Å²) in [5, 5.41) is 11.5. The van der Waals surface area contributed by atoms with E-state index >= 15 is 0 Å². The highest BCUT2D eigenvalue weighted by atomic mass is 19.4. The molecule has 1 amide bonds. The minimum Gasteiger partial charge on any atom is -0.484 e. The summed E-state index contributed by atoms with van der Waals surface area (Å²) in [5.74, 6) is -1.81. The molecule has 6 nitrogen and oxygen atoms in total. The third-order valence-corrected chi connectivity index (χ3v) is 3.53. The van der Waals surface area contributed by atoms with Gasteiger partial charge in [0.15, 0.2) is 6.61 Å². The van der Waals surface area contributed by atoms with Gasteiger partial charge in [-0.2, -0.15) is 13.2 Å². The van der Waals surface area contributed by atoms with Crippen molar-refractivity contribution < 1.29 is 37.3 Å². The molecule has 1 fully saturated rings. The lowest BCUT2D eigenvalue weighted by Gasteiger charge is -2.26. The second-order valence-corrected chi connectivity index (χ2v) is 5.52. The molecule has 0 saturated carbocycles. The molecule has 1 aromatic carbocycles. The number of carboxylic acid groups (broad SMARTS) is 1. The maximum absolute atomic E-state index is 12.6. The van der Waals surface area contributed by atoms with Gasteiger partial charge in [-0.1, -0.05) is 6.07 Å². The van der Waals surface area contributed by atoms with E-state index in [1.54, 1.807) is 0 Å². The lowest BCUT2D eigenvalue weighted by molar-refractivity contribution is -0.139. The molecule has 1 aromatic rings. The smallest absolute Gasteiger partial charge is 0.416 e. The molecule has 0 radical (unpaired) electrons. The molecule has 2 N–H and O–H groups in total. The van der Waals surface area contributed by atoms with Gasteiger partial charge >= 0.3 is 12.1 Å². The summed E-state index contributed by atoms with van der Waals surface area (Å²) in [6.45, 7) is -0.140. The Morgan fingerprint density at radius 2 is 2.12 bits per heavy atom. The third kappa shape index (κ3) is 4.85. The van der Waals surface area contributed by atoms with Crippen molar-refractivity contribution in [3.8, 4) is 5.75 Å². The van der Waals surface area contributed by atoms with Crippen molar-refractivity contribution >= 4 is 11.9 Å². The van der Waals surface area contributed by atoms with Gasteiger partial charge in [0.2, 0.25) is 0 Å².